The van der Waals surface area contributed by atoms with Crippen molar-refractivity contribution < 1.29 is 13.2 Å². The summed E-state index contributed by atoms with van der Waals surface area (Å²) in [7, 11) is 0.460. The molecule has 2 aromatic rings. The highest BCUT2D eigenvalue weighted by Gasteiger charge is 2.26. The largest absolute Gasteiger partial charge is 0.337 e. The van der Waals surface area contributed by atoms with Gasteiger partial charge in [0.05, 0.1) is 4.90 Å². The highest BCUT2D eigenvalue weighted by molar-refractivity contribution is 7.89. The molecule has 1 aliphatic heterocycles. The molecule has 27 heavy (non-hydrogen) atoms. The molecule has 1 unspecified atom stereocenters. The normalized spacial score (nSPS) is 18.0. The van der Waals surface area contributed by atoms with E-state index in [1.165, 1.54) is 23.5 Å². The van der Waals surface area contributed by atoms with Crippen LogP contribution in [0.1, 0.15) is 28.1 Å². The van der Waals surface area contributed by atoms with Crippen LogP contribution in [0.2, 0.25) is 0 Å². The number of nitrogens with zero attached hydrogens (tertiary/aromatic N) is 2. The van der Waals surface area contributed by atoms with E-state index in [9.17, 15) is 13.2 Å². The van der Waals surface area contributed by atoms with Gasteiger partial charge in [-0.1, -0.05) is 6.07 Å². The molecule has 2 heterocycles. The molecule has 8 heteroatoms. The number of carbonyl (C=O) groups is 1. The lowest BCUT2D eigenvalue weighted by Crippen LogP contribution is -2.47. The third-order valence-electron chi connectivity index (χ3n) is 4.84. The van der Waals surface area contributed by atoms with E-state index in [1.807, 2.05) is 36.5 Å². The zero-order valence-corrected chi connectivity index (χ0v) is 17.2. The van der Waals surface area contributed by atoms with Crippen LogP contribution in [0, 0.1) is 0 Å². The second-order valence-electron chi connectivity index (χ2n) is 6.94. The minimum absolute atomic E-state index is 0.0444. The molecule has 0 radical (unpaired) electrons. The summed E-state index contributed by atoms with van der Waals surface area (Å²) < 4.78 is 27.4. The number of hydrogen-bond acceptors (Lipinski definition) is 5. The highest BCUT2D eigenvalue weighted by Crippen LogP contribution is 2.18. The molecule has 1 N–H and O–H groups in total. The number of carbonyl (C=O) groups excluding carboxylic acids is 1. The van der Waals surface area contributed by atoms with Gasteiger partial charge in [0.25, 0.3) is 5.91 Å². The van der Waals surface area contributed by atoms with Gasteiger partial charge < -0.3 is 9.80 Å². The predicted octanol–water partition coefficient (Wildman–Crippen LogP) is 2.39. The minimum atomic E-state index is -3.60. The van der Waals surface area contributed by atoms with Crippen molar-refractivity contribution in [3.8, 4) is 0 Å². The van der Waals surface area contributed by atoms with Gasteiger partial charge in [-0.15, -0.1) is 11.3 Å². The smallest absolute Gasteiger partial charge is 0.253 e. The molecule has 0 saturated carbocycles. The molecule has 1 saturated heterocycles. The topological polar surface area (TPSA) is 69.7 Å². The van der Waals surface area contributed by atoms with Crippen molar-refractivity contribution in [2.24, 2.45) is 0 Å². The summed E-state index contributed by atoms with van der Waals surface area (Å²) in [5.41, 5.74) is 0.520. The van der Waals surface area contributed by atoms with Crippen molar-refractivity contribution in [2.75, 3.05) is 27.2 Å². The lowest BCUT2D eigenvalue weighted by atomic mass is 10.0. The maximum absolute atomic E-state index is 12.8. The Balaban J connectivity index is 1.66. The summed E-state index contributed by atoms with van der Waals surface area (Å²) in [6.07, 6.45) is 2.07. The molecule has 1 fully saturated rings. The van der Waals surface area contributed by atoms with Crippen LogP contribution in [0.25, 0.3) is 0 Å². The lowest BCUT2D eigenvalue weighted by molar-refractivity contribution is 0.0635. The molecule has 0 spiro atoms. The average Bonchev–Trinajstić information content (AvgIpc) is 3.20. The monoisotopic (exact) mass is 407 g/mol. The second-order valence-corrected chi connectivity index (χ2v) is 9.74. The van der Waals surface area contributed by atoms with Crippen LogP contribution in [-0.4, -0.2) is 57.4 Å². The Morgan fingerprint density at radius 2 is 2.00 bits per heavy atom. The van der Waals surface area contributed by atoms with Crippen LogP contribution in [0.5, 0.6) is 0 Å². The van der Waals surface area contributed by atoms with Crippen LogP contribution in [0.15, 0.2) is 46.7 Å². The van der Waals surface area contributed by atoms with Gasteiger partial charge in [0.2, 0.25) is 10.0 Å². The van der Waals surface area contributed by atoms with Gasteiger partial charge in [-0.3, -0.25) is 4.79 Å². The first-order chi connectivity index (χ1) is 12.9. The quantitative estimate of drug-likeness (QED) is 0.798. The standard InChI is InChI=1S/C19H25N3O3S2/c1-21(2)16-5-3-11-22(14-16)19(23)15-7-9-18(10-8-15)27(24,25)20-13-17-6-4-12-26-17/h4,6-10,12,16,20H,3,5,11,13-14H2,1-2H3. The summed E-state index contributed by atoms with van der Waals surface area (Å²) >= 11 is 1.50. The number of thiophene rings is 1. The number of benzene rings is 1. The van der Waals surface area contributed by atoms with Gasteiger partial charge in [0.1, 0.15) is 0 Å². The van der Waals surface area contributed by atoms with E-state index in [4.69, 9.17) is 0 Å². The van der Waals surface area contributed by atoms with Crippen molar-refractivity contribution in [2.45, 2.75) is 30.3 Å². The van der Waals surface area contributed by atoms with Crippen LogP contribution in [-0.2, 0) is 16.6 Å². The number of sulfonamides is 1. The van der Waals surface area contributed by atoms with E-state index in [-0.39, 0.29) is 17.3 Å². The van der Waals surface area contributed by atoms with Crippen LogP contribution < -0.4 is 4.72 Å². The zero-order valence-electron chi connectivity index (χ0n) is 15.6. The minimum Gasteiger partial charge on any atom is -0.337 e. The van der Waals surface area contributed by atoms with Gasteiger partial charge in [0.15, 0.2) is 0 Å². The van der Waals surface area contributed by atoms with Crippen LogP contribution in [0.4, 0.5) is 0 Å². The van der Waals surface area contributed by atoms with E-state index < -0.39 is 10.0 Å². The highest BCUT2D eigenvalue weighted by atomic mass is 32.2. The first kappa shape index (κ1) is 20.0. The Kier molecular flexibility index (Phi) is 6.31. The Bertz CT molecular complexity index is 862. The number of nitrogens with one attached hydrogen (secondary N) is 1. The first-order valence-corrected chi connectivity index (χ1v) is 11.3. The first-order valence-electron chi connectivity index (χ1n) is 8.94. The Morgan fingerprint density at radius 1 is 1.26 bits per heavy atom. The molecule has 1 aromatic heterocycles. The van der Waals surface area contributed by atoms with Crippen molar-refractivity contribution in [1.82, 2.24) is 14.5 Å². The van der Waals surface area contributed by atoms with E-state index >= 15 is 0 Å². The molecule has 1 aliphatic rings. The van der Waals surface area contributed by atoms with Crippen molar-refractivity contribution in [3.05, 3.63) is 52.2 Å². The van der Waals surface area contributed by atoms with Gasteiger partial charge >= 0.3 is 0 Å². The van der Waals surface area contributed by atoms with Crippen molar-refractivity contribution in [3.63, 3.8) is 0 Å². The summed E-state index contributed by atoms with van der Waals surface area (Å²) in [5.74, 6) is -0.0444. The summed E-state index contributed by atoms with van der Waals surface area (Å²) in [5, 5.41) is 1.91. The summed E-state index contributed by atoms with van der Waals surface area (Å²) in [6.45, 7) is 1.71. The third-order valence-corrected chi connectivity index (χ3v) is 7.14. The molecule has 6 nitrogen and oxygen atoms in total. The average molecular weight is 408 g/mol. The van der Waals surface area contributed by atoms with Gasteiger partial charge in [0, 0.05) is 36.1 Å². The fourth-order valence-corrected chi connectivity index (χ4v) is 4.93. The Morgan fingerprint density at radius 3 is 2.63 bits per heavy atom. The Hall–Kier alpha value is -1.74. The summed E-state index contributed by atoms with van der Waals surface area (Å²) in [4.78, 5) is 17.9. The molecular formula is C19H25N3O3S2. The number of likely N-dealkylation sites (N-methyl/N-ethyl adjacent to an activating group) is 1. The van der Waals surface area contributed by atoms with Gasteiger partial charge in [-0.25, -0.2) is 13.1 Å². The van der Waals surface area contributed by atoms with E-state index in [0.717, 1.165) is 24.3 Å². The number of hydrogen-bond donors (Lipinski definition) is 1. The molecule has 1 amide bonds. The third kappa shape index (κ3) is 4.95. The SMILES string of the molecule is CN(C)C1CCCN(C(=O)c2ccc(S(=O)(=O)NCc3cccs3)cc2)C1. The zero-order chi connectivity index (χ0) is 19.4. The second kappa shape index (κ2) is 8.52. The predicted molar refractivity (Wildman–Crippen MR) is 107 cm³/mol. The molecule has 1 atom stereocenters. The maximum Gasteiger partial charge on any atom is 0.253 e. The fourth-order valence-electron chi connectivity index (χ4n) is 3.18. The lowest BCUT2D eigenvalue weighted by Gasteiger charge is -2.36. The van der Waals surface area contributed by atoms with E-state index in [0.29, 0.717) is 18.2 Å². The molecular weight excluding hydrogens is 382 g/mol. The van der Waals surface area contributed by atoms with E-state index in [2.05, 4.69) is 9.62 Å². The van der Waals surface area contributed by atoms with Crippen molar-refractivity contribution in [1.29, 1.82) is 0 Å². The fraction of sp³-hybridized carbons (Fsp3) is 0.421. The maximum atomic E-state index is 12.8. The molecule has 3 rings (SSSR count). The number of likely N-dealkylation sites (tertiary alicyclic amines) is 1. The molecule has 146 valence electrons. The molecule has 0 bridgehead atoms. The molecule has 1 aromatic carbocycles. The molecule has 0 aliphatic carbocycles. The number of rotatable bonds is 6. The van der Waals surface area contributed by atoms with E-state index in [1.54, 1.807) is 12.1 Å². The van der Waals surface area contributed by atoms with Crippen LogP contribution >= 0.6 is 11.3 Å². The summed E-state index contributed by atoms with van der Waals surface area (Å²) in [6, 6.07) is 10.3. The number of piperidine rings is 1. The van der Waals surface area contributed by atoms with Crippen molar-refractivity contribution >= 4 is 27.3 Å². The van der Waals surface area contributed by atoms with Gasteiger partial charge in [-0.05, 0) is 62.6 Å². The van der Waals surface area contributed by atoms with Crippen LogP contribution in [0.3, 0.4) is 0 Å². The Labute approximate surface area is 164 Å². The number of amides is 1. The van der Waals surface area contributed by atoms with Gasteiger partial charge in [-0.2, -0.15) is 0 Å².